The van der Waals surface area contributed by atoms with Crippen molar-refractivity contribution in [2.24, 2.45) is 0 Å². The van der Waals surface area contributed by atoms with Crippen molar-refractivity contribution < 1.29 is 9.47 Å². The van der Waals surface area contributed by atoms with E-state index in [4.69, 9.17) is 9.47 Å². The standard InChI is InChI=1S/C16H23BrO2/c1-4-5-6-7-16(13(2)17)19-12-14-8-10-15(18-3)11-9-14/h8-11,16H,2,4-7,12H2,1,3H3/t16-/m0/s1. The summed E-state index contributed by atoms with van der Waals surface area (Å²) in [6, 6.07) is 7.96. The molecule has 19 heavy (non-hydrogen) atoms. The van der Waals surface area contributed by atoms with Gasteiger partial charge in [0.15, 0.2) is 0 Å². The molecule has 1 atom stereocenters. The fourth-order valence-electron chi connectivity index (χ4n) is 1.83. The topological polar surface area (TPSA) is 18.5 Å². The molecule has 0 heterocycles. The van der Waals surface area contributed by atoms with Crippen LogP contribution < -0.4 is 4.74 Å². The third-order valence-corrected chi connectivity index (χ3v) is 3.54. The summed E-state index contributed by atoms with van der Waals surface area (Å²) in [5.74, 6) is 0.869. The molecule has 1 rings (SSSR count). The first-order valence-electron chi connectivity index (χ1n) is 6.76. The number of hydrogen-bond donors (Lipinski definition) is 0. The van der Waals surface area contributed by atoms with Crippen molar-refractivity contribution in [3.63, 3.8) is 0 Å². The summed E-state index contributed by atoms with van der Waals surface area (Å²) in [5.41, 5.74) is 1.15. The van der Waals surface area contributed by atoms with Crippen molar-refractivity contribution >= 4 is 15.9 Å². The van der Waals surface area contributed by atoms with Crippen molar-refractivity contribution in [3.05, 3.63) is 40.9 Å². The molecule has 0 aromatic heterocycles. The van der Waals surface area contributed by atoms with E-state index >= 15 is 0 Å². The van der Waals surface area contributed by atoms with Gasteiger partial charge < -0.3 is 9.47 Å². The molecule has 1 aromatic carbocycles. The monoisotopic (exact) mass is 326 g/mol. The quantitative estimate of drug-likeness (QED) is 0.590. The Morgan fingerprint density at radius 1 is 1.26 bits per heavy atom. The van der Waals surface area contributed by atoms with E-state index in [0.717, 1.165) is 22.2 Å². The van der Waals surface area contributed by atoms with E-state index in [-0.39, 0.29) is 6.10 Å². The summed E-state index contributed by atoms with van der Waals surface area (Å²) in [6.45, 7) is 6.75. The fraction of sp³-hybridized carbons (Fsp3) is 0.500. The molecular weight excluding hydrogens is 304 g/mol. The van der Waals surface area contributed by atoms with E-state index < -0.39 is 0 Å². The first-order chi connectivity index (χ1) is 9.17. The minimum absolute atomic E-state index is 0.0913. The van der Waals surface area contributed by atoms with Crippen LogP contribution in [0.4, 0.5) is 0 Å². The number of ether oxygens (including phenoxy) is 2. The molecule has 0 aliphatic heterocycles. The molecule has 0 unspecified atom stereocenters. The summed E-state index contributed by atoms with van der Waals surface area (Å²) in [5, 5.41) is 0. The van der Waals surface area contributed by atoms with Gasteiger partial charge in [-0.2, -0.15) is 0 Å². The minimum atomic E-state index is 0.0913. The molecule has 106 valence electrons. The molecule has 2 nitrogen and oxygen atoms in total. The van der Waals surface area contributed by atoms with E-state index in [2.05, 4.69) is 29.4 Å². The van der Waals surface area contributed by atoms with Gasteiger partial charge in [0.25, 0.3) is 0 Å². The van der Waals surface area contributed by atoms with E-state index in [1.54, 1.807) is 7.11 Å². The van der Waals surface area contributed by atoms with Crippen LogP contribution in [0.2, 0.25) is 0 Å². The second kappa shape index (κ2) is 9.16. The van der Waals surface area contributed by atoms with Crippen molar-refractivity contribution in [2.45, 2.75) is 45.3 Å². The van der Waals surface area contributed by atoms with Crippen LogP contribution in [0.3, 0.4) is 0 Å². The molecule has 0 N–H and O–H groups in total. The maximum atomic E-state index is 5.92. The van der Waals surface area contributed by atoms with Gasteiger partial charge >= 0.3 is 0 Å². The predicted octanol–water partition coefficient (Wildman–Crippen LogP) is 5.07. The van der Waals surface area contributed by atoms with Gasteiger partial charge in [0, 0.05) is 4.48 Å². The van der Waals surface area contributed by atoms with E-state index in [0.29, 0.717) is 6.61 Å². The number of benzene rings is 1. The van der Waals surface area contributed by atoms with Gasteiger partial charge in [0.2, 0.25) is 0 Å². The lowest BCUT2D eigenvalue weighted by Gasteiger charge is -2.17. The Hall–Kier alpha value is -0.800. The average molecular weight is 327 g/mol. The molecule has 0 amide bonds. The molecule has 0 aliphatic rings. The number of rotatable bonds is 9. The Morgan fingerprint density at radius 3 is 2.47 bits per heavy atom. The molecule has 0 radical (unpaired) electrons. The number of methoxy groups -OCH3 is 1. The molecule has 0 saturated heterocycles. The van der Waals surface area contributed by atoms with Crippen LogP contribution in [0.5, 0.6) is 5.75 Å². The summed E-state index contributed by atoms with van der Waals surface area (Å²) < 4.78 is 12.0. The highest BCUT2D eigenvalue weighted by atomic mass is 79.9. The zero-order valence-electron chi connectivity index (χ0n) is 11.8. The van der Waals surface area contributed by atoms with Crippen LogP contribution in [0.1, 0.15) is 38.2 Å². The highest BCUT2D eigenvalue weighted by Crippen LogP contribution is 2.20. The number of halogens is 1. The third kappa shape index (κ3) is 6.26. The van der Waals surface area contributed by atoms with Crippen LogP contribution in [0, 0.1) is 0 Å². The lowest BCUT2D eigenvalue weighted by Crippen LogP contribution is -2.12. The highest BCUT2D eigenvalue weighted by molar-refractivity contribution is 9.11. The Morgan fingerprint density at radius 2 is 1.95 bits per heavy atom. The van der Waals surface area contributed by atoms with Crippen LogP contribution >= 0.6 is 15.9 Å². The fourth-order valence-corrected chi connectivity index (χ4v) is 2.19. The lowest BCUT2D eigenvalue weighted by atomic mass is 10.1. The molecule has 0 saturated carbocycles. The first kappa shape index (κ1) is 16.3. The van der Waals surface area contributed by atoms with Crippen molar-refractivity contribution in [1.82, 2.24) is 0 Å². The van der Waals surface area contributed by atoms with Crippen molar-refractivity contribution in [2.75, 3.05) is 7.11 Å². The summed E-state index contributed by atoms with van der Waals surface area (Å²) >= 11 is 3.45. The summed E-state index contributed by atoms with van der Waals surface area (Å²) in [7, 11) is 1.67. The van der Waals surface area contributed by atoms with Gasteiger partial charge in [-0.1, -0.05) is 60.8 Å². The first-order valence-corrected chi connectivity index (χ1v) is 7.55. The molecular formula is C16H23BrO2. The Bertz CT molecular complexity index is 373. The van der Waals surface area contributed by atoms with Crippen molar-refractivity contribution in [1.29, 1.82) is 0 Å². The molecule has 0 fully saturated rings. The van der Waals surface area contributed by atoms with Gasteiger partial charge in [-0.05, 0) is 24.1 Å². The minimum Gasteiger partial charge on any atom is -0.497 e. The van der Waals surface area contributed by atoms with Gasteiger partial charge in [-0.3, -0.25) is 0 Å². The van der Waals surface area contributed by atoms with E-state index in [1.165, 1.54) is 19.3 Å². The third-order valence-electron chi connectivity index (χ3n) is 3.03. The van der Waals surface area contributed by atoms with E-state index in [9.17, 15) is 0 Å². The number of unbranched alkanes of at least 4 members (excludes halogenated alkanes) is 2. The molecule has 0 aliphatic carbocycles. The number of hydrogen-bond acceptors (Lipinski definition) is 2. The maximum Gasteiger partial charge on any atom is 0.118 e. The molecule has 1 aromatic rings. The van der Waals surface area contributed by atoms with Crippen LogP contribution in [0.25, 0.3) is 0 Å². The lowest BCUT2D eigenvalue weighted by molar-refractivity contribution is 0.0631. The zero-order valence-corrected chi connectivity index (χ0v) is 13.4. The van der Waals surface area contributed by atoms with E-state index in [1.807, 2.05) is 24.3 Å². The Labute approximate surface area is 124 Å². The second-order valence-corrected chi connectivity index (χ2v) is 5.61. The van der Waals surface area contributed by atoms with Gasteiger partial charge in [0.1, 0.15) is 5.75 Å². The second-order valence-electron chi connectivity index (χ2n) is 4.59. The van der Waals surface area contributed by atoms with Crippen LogP contribution in [-0.2, 0) is 11.3 Å². The summed E-state index contributed by atoms with van der Waals surface area (Å²) in [4.78, 5) is 0. The van der Waals surface area contributed by atoms with Gasteiger partial charge in [0.05, 0.1) is 19.8 Å². The normalized spacial score (nSPS) is 12.2. The molecule has 3 heteroatoms. The predicted molar refractivity (Wildman–Crippen MR) is 83.8 cm³/mol. The van der Waals surface area contributed by atoms with Gasteiger partial charge in [-0.15, -0.1) is 0 Å². The smallest absolute Gasteiger partial charge is 0.118 e. The van der Waals surface area contributed by atoms with Crippen LogP contribution in [-0.4, -0.2) is 13.2 Å². The molecule has 0 spiro atoms. The largest absolute Gasteiger partial charge is 0.497 e. The SMILES string of the molecule is C=C(Br)[C@H](CCCCC)OCc1ccc(OC)cc1. The average Bonchev–Trinajstić information content (AvgIpc) is 2.43. The Balaban J connectivity index is 2.43. The van der Waals surface area contributed by atoms with Crippen molar-refractivity contribution in [3.8, 4) is 5.75 Å². The highest BCUT2D eigenvalue weighted by Gasteiger charge is 2.11. The Kier molecular flexibility index (Phi) is 7.84. The zero-order chi connectivity index (χ0) is 14.1. The van der Waals surface area contributed by atoms with Gasteiger partial charge in [-0.25, -0.2) is 0 Å². The van der Waals surface area contributed by atoms with Crippen LogP contribution in [0.15, 0.2) is 35.3 Å². The maximum absolute atomic E-state index is 5.92. The summed E-state index contributed by atoms with van der Waals surface area (Å²) in [6.07, 6.45) is 4.75. The molecule has 0 bridgehead atoms.